The number of anilines is 1. The molecule has 0 bridgehead atoms. The molecule has 0 aliphatic carbocycles. The maximum absolute atomic E-state index is 12.1. The molecule has 94 valence electrons. The van der Waals surface area contributed by atoms with Crippen LogP contribution in [0, 0.1) is 5.92 Å². The first-order valence-electron chi connectivity index (χ1n) is 6.15. The molecule has 0 heterocycles. The molecule has 0 radical (unpaired) electrons. The van der Waals surface area contributed by atoms with E-state index < -0.39 is 0 Å². The first kappa shape index (κ1) is 13.6. The lowest BCUT2D eigenvalue weighted by Gasteiger charge is -2.21. The minimum absolute atomic E-state index is 0.0629. The van der Waals surface area contributed by atoms with Crippen molar-refractivity contribution in [3.63, 3.8) is 0 Å². The van der Waals surface area contributed by atoms with Crippen LogP contribution in [-0.4, -0.2) is 24.4 Å². The van der Waals surface area contributed by atoms with Crippen molar-refractivity contribution in [2.45, 2.75) is 26.7 Å². The number of nitrogen functional groups attached to an aromatic ring is 1. The SMILES string of the molecule is CCCC(C)CN(C)C(=O)c1ccc(N)cc1. The maximum atomic E-state index is 12.1. The van der Waals surface area contributed by atoms with E-state index in [1.54, 1.807) is 29.2 Å². The first-order chi connectivity index (χ1) is 8.04. The van der Waals surface area contributed by atoms with Crippen LogP contribution in [0.25, 0.3) is 0 Å². The second-order valence-corrected chi connectivity index (χ2v) is 4.70. The number of amides is 1. The van der Waals surface area contributed by atoms with Gasteiger partial charge >= 0.3 is 0 Å². The highest BCUT2D eigenvalue weighted by molar-refractivity contribution is 5.94. The van der Waals surface area contributed by atoms with Gasteiger partial charge in [0.2, 0.25) is 0 Å². The molecule has 0 saturated carbocycles. The Labute approximate surface area is 104 Å². The van der Waals surface area contributed by atoms with Crippen molar-refractivity contribution in [1.82, 2.24) is 4.90 Å². The molecule has 1 rings (SSSR count). The van der Waals surface area contributed by atoms with Crippen molar-refractivity contribution in [1.29, 1.82) is 0 Å². The lowest BCUT2D eigenvalue weighted by molar-refractivity contribution is 0.0773. The molecule has 3 nitrogen and oxygen atoms in total. The minimum Gasteiger partial charge on any atom is -0.399 e. The molecule has 1 atom stereocenters. The number of benzene rings is 1. The first-order valence-corrected chi connectivity index (χ1v) is 6.15. The number of nitrogens with zero attached hydrogens (tertiary/aromatic N) is 1. The van der Waals surface area contributed by atoms with E-state index in [2.05, 4.69) is 13.8 Å². The summed E-state index contributed by atoms with van der Waals surface area (Å²) in [6.45, 7) is 5.14. The van der Waals surface area contributed by atoms with Gasteiger partial charge in [-0.2, -0.15) is 0 Å². The molecule has 0 saturated heterocycles. The van der Waals surface area contributed by atoms with E-state index in [1.807, 2.05) is 7.05 Å². The lowest BCUT2D eigenvalue weighted by Crippen LogP contribution is -2.31. The van der Waals surface area contributed by atoms with Crippen LogP contribution in [0.15, 0.2) is 24.3 Å². The number of hydrogen-bond acceptors (Lipinski definition) is 2. The molecule has 17 heavy (non-hydrogen) atoms. The normalized spacial score (nSPS) is 12.2. The number of nitrogens with two attached hydrogens (primary N) is 1. The van der Waals surface area contributed by atoms with E-state index in [1.165, 1.54) is 0 Å². The van der Waals surface area contributed by atoms with Crippen LogP contribution in [0.3, 0.4) is 0 Å². The van der Waals surface area contributed by atoms with Crippen LogP contribution in [0.4, 0.5) is 5.69 Å². The predicted octanol–water partition coefficient (Wildman–Crippen LogP) is 2.78. The van der Waals surface area contributed by atoms with Crippen molar-refractivity contribution in [3.8, 4) is 0 Å². The third kappa shape index (κ3) is 4.10. The fourth-order valence-electron chi connectivity index (χ4n) is 1.98. The van der Waals surface area contributed by atoms with E-state index in [-0.39, 0.29) is 5.91 Å². The number of carbonyl (C=O) groups excluding carboxylic acids is 1. The highest BCUT2D eigenvalue weighted by Gasteiger charge is 2.13. The summed E-state index contributed by atoms with van der Waals surface area (Å²) in [5, 5.41) is 0. The summed E-state index contributed by atoms with van der Waals surface area (Å²) in [5.41, 5.74) is 6.98. The van der Waals surface area contributed by atoms with Crippen LogP contribution in [-0.2, 0) is 0 Å². The molecule has 0 fully saturated rings. The molecule has 1 amide bonds. The van der Waals surface area contributed by atoms with E-state index in [0.29, 0.717) is 17.2 Å². The molecule has 1 aromatic rings. The Kier molecular flexibility index (Phi) is 5.01. The Morgan fingerprint density at radius 1 is 1.35 bits per heavy atom. The summed E-state index contributed by atoms with van der Waals surface area (Å²) in [6, 6.07) is 7.07. The fourth-order valence-corrected chi connectivity index (χ4v) is 1.98. The zero-order chi connectivity index (χ0) is 12.8. The average molecular weight is 234 g/mol. The van der Waals surface area contributed by atoms with Gasteiger partial charge in [-0.3, -0.25) is 4.79 Å². The van der Waals surface area contributed by atoms with Crippen molar-refractivity contribution >= 4 is 11.6 Å². The van der Waals surface area contributed by atoms with E-state index in [0.717, 1.165) is 19.4 Å². The van der Waals surface area contributed by atoms with Gasteiger partial charge in [-0.05, 0) is 36.6 Å². The smallest absolute Gasteiger partial charge is 0.253 e. The largest absolute Gasteiger partial charge is 0.399 e. The Morgan fingerprint density at radius 2 is 1.94 bits per heavy atom. The van der Waals surface area contributed by atoms with Gasteiger partial charge in [0.1, 0.15) is 0 Å². The monoisotopic (exact) mass is 234 g/mol. The van der Waals surface area contributed by atoms with Crippen LogP contribution < -0.4 is 5.73 Å². The van der Waals surface area contributed by atoms with Gasteiger partial charge in [0, 0.05) is 24.8 Å². The van der Waals surface area contributed by atoms with Gasteiger partial charge < -0.3 is 10.6 Å². The Hall–Kier alpha value is -1.51. The summed E-state index contributed by atoms with van der Waals surface area (Å²) >= 11 is 0. The number of carbonyl (C=O) groups is 1. The molecule has 1 unspecified atom stereocenters. The standard InChI is InChI=1S/C14H22N2O/c1-4-5-11(2)10-16(3)14(17)12-6-8-13(15)9-7-12/h6-9,11H,4-5,10,15H2,1-3H3. The topological polar surface area (TPSA) is 46.3 Å². The van der Waals surface area contributed by atoms with Gasteiger partial charge in [0.25, 0.3) is 5.91 Å². The second kappa shape index (κ2) is 6.28. The van der Waals surface area contributed by atoms with Crippen LogP contribution >= 0.6 is 0 Å². The van der Waals surface area contributed by atoms with Gasteiger partial charge in [0.15, 0.2) is 0 Å². The summed E-state index contributed by atoms with van der Waals surface area (Å²) in [5.74, 6) is 0.607. The average Bonchev–Trinajstić information content (AvgIpc) is 2.29. The third-order valence-corrected chi connectivity index (χ3v) is 2.87. The number of hydrogen-bond donors (Lipinski definition) is 1. The summed E-state index contributed by atoms with van der Waals surface area (Å²) < 4.78 is 0. The van der Waals surface area contributed by atoms with Crippen molar-refractivity contribution < 1.29 is 4.79 Å². The Bertz CT molecular complexity index is 359. The van der Waals surface area contributed by atoms with Crippen LogP contribution in [0.2, 0.25) is 0 Å². The van der Waals surface area contributed by atoms with Gasteiger partial charge in [0.05, 0.1) is 0 Å². The van der Waals surface area contributed by atoms with E-state index in [9.17, 15) is 4.79 Å². The molecule has 3 heteroatoms. The molecule has 1 aromatic carbocycles. The van der Waals surface area contributed by atoms with Gasteiger partial charge in [-0.15, -0.1) is 0 Å². The zero-order valence-electron chi connectivity index (χ0n) is 10.9. The minimum atomic E-state index is 0.0629. The summed E-state index contributed by atoms with van der Waals surface area (Å²) in [7, 11) is 1.85. The van der Waals surface area contributed by atoms with Crippen LogP contribution in [0.5, 0.6) is 0 Å². The Morgan fingerprint density at radius 3 is 2.47 bits per heavy atom. The van der Waals surface area contributed by atoms with Gasteiger partial charge in [-0.1, -0.05) is 20.3 Å². The van der Waals surface area contributed by atoms with Crippen LogP contribution in [0.1, 0.15) is 37.0 Å². The van der Waals surface area contributed by atoms with Crippen molar-refractivity contribution in [3.05, 3.63) is 29.8 Å². The molecular weight excluding hydrogens is 212 g/mol. The quantitative estimate of drug-likeness (QED) is 0.796. The third-order valence-electron chi connectivity index (χ3n) is 2.87. The molecule has 0 aliphatic rings. The highest BCUT2D eigenvalue weighted by Crippen LogP contribution is 2.11. The van der Waals surface area contributed by atoms with Crippen molar-refractivity contribution in [2.75, 3.05) is 19.3 Å². The predicted molar refractivity (Wildman–Crippen MR) is 71.9 cm³/mol. The van der Waals surface area contributed by atoms with Crippen molar-refractivity contribution in [2.24, 2.45) is 5.92 Å². The molecule has 0 spiro atoms. The lowest BCUT2D eigenvalue weighted by atomic mass is 10.1. The second-order valence-electron chi connectivity index (χ2n) is 4.70. The molecule has 0 aliphatic heterocycles. The van der Waals surface area contributed by atoms with E-state index >= 15 is 0 Å². The van der Waals surface area contributed by atoms with E-state index in [4.69, 9.17) is 5.73 Å². The zero-order valence-corrected chi connectivity index (χ0v) is 10.9. The summed E-state index contributed by atoms with van der Waals surface area (Å²) in [4.78, 5) is 13.9. The Balaban J connectivity index is 2.60. The fraction of sp³-hybridized carbons (Fsp3) is 0.500. The molecular formula is C14H22N2O. The summed E-state index contributed by atoms with van der Waals surface area (Å²) in [6.07, 6.45) is 2.31. The molecule has 2 N–H and O–H groups in total. The molecule has 0 aromatic heterocycles. The van der Waals surface area contributed by atoms with Gasteiger partial charge in [-0.25, -0.2) is 0 Å². The highest BCUT2D eigenvalue weighted by atomic mass is 16.2. The maximum Gasteiger partial charge on any atom is 0.253 e. The number of rotatable bonds is 5.